The summed E-state index contributed by atoms with van der Waals surface area (Å²) in [7, 11) is 0. The largest absolute Gasteiger partial charge is 0.379 e. The number of nitrogens with one attached hydrogen (secondary N) is 2. The molecule has 7 nitrogen and oxygen atoms in total. The minimum absolute atomic E-state index is 0.136. The van der Waals surface area contributed by atoms with Gasteiger partial charge in [-0.3, -0.25) is 9.69 Å². The molecule has 0 saturated carbocycles. The number of morpholine rings is 1. The van der Waals surface area contributed by atoms with E-state index in [0.29, 0.717) is 5.41 Å². The van der Waals surface area contributed by atoms with E-state index in [0.717, 1.165) is 56.8 Å². The van der Waals surface area contributed by atoms with Gasteiger partial charge < -0.3 is 15.0 Å². The fourth-order valence-electron chi connectivity index (χ4n) is 4.37. The standard InChI is InChI=1S/C25H31N5O2/c1-17(30-10-12-32-13-11-30)19-4-5-22(29-24(31)23-27-16-20(15-26)28-23)21(14-19)18-6-8-25(2,3)9-7-18/h4-6,14,16-17H,7-13H2,1-3H3,(H,27,28)(H,29,31). The topological polar surface area (TPSA) is 94.0 Å². The van der Waals surface area contributed by atoms with Crippen molar-refractivity contribution in [1.82, 2.24) is 14.9 Å². The molecule has 32 heavy (non-hydrogen) atoms. The van der Waals surface area contributed by atoms with Crippen molar-refractivity contribution in [2.75, 3.05) is 31.6 Å². The molecule has 0 bridgehead atoms. The molecule has 1 fully saturated rings. The molecule has 1 aromatic carbocycles. The first-order chi connectivity index (χ1) is 15.4. The number of nitrogens with zero attached hydrogens (tertiary/aromatic N) is 3. The van der Waals surface area contributed by atoms with E-state index < -0.39 is 0 Å². The number of rotatable bonds is 5. The number of carbonyl (C=O) groups excluding carboxylic acids is 1. The molecule has 1 amide bonds. The summed E-state index contributed by atoms with van der Waals surface area (Å²) < 4.78 is 5.51. The van der Waals surface area contributed by atoms with Crippen LogP contribution in [0.2, 0.25) is 0 Å². The Morgan fingerprint density at radius 3 is 2.78 bits per heavy atom. The zero-order valence-electron chi connectivity index (χ0n) is 19.1. The molecule has 2 aliphatic rings. The predicted octanol–water partition coefficient (Wildman–Crippen LogP) is 4.52. The minimum Gasteiger partial charge on any atom is -0.379 e. The van der Waals surface area contributed by atoms with Gasteiger partial charge >= 0.3 is 0 Å². The molecule has 0 spiro atoms. The number of allylic oxidation sites excluding steroid dienone is 2. The molecule has 1 aliphatic heterocycles. The summed E-state index contributed by atoms with van der Waals surface area (Å²) in [5.41, 5.74) is 4.84. The Bertz CT molecular complexity index is 1060. The van der Waals surface area contributed by atoms with Gasteiger partial charge in [-0.25, -0.2) is 4.98 Å². The fourth-order valence-corrected chi connectivity index (χ4v) is 4.37. The molecular formula is C25H31N5O2. The van der Waals surface area contributed by atoms with E-state index in [1.54, 1.807) is 0 Å². The SMILES string of the molecule is CC(c1ccc(NC(=O)c2nc(C#N)c[nH]2)c(C2=CCC(C)(C)CC2)c1)N1CCOCC1. The van der Waals surface area contributed by atoms with Gasteiger partial charge in [0.2, 0.25) is 0 Å². The van der Waals surface area contributed by atoms with Crippen molar-refractivity contribution in [1.29, 1.82) is 5.26 Å². The lowest BCUT2D eigenvalue weighted by molar-refractivity contribution is 0.0198. The van der Waals surface area contributed by atoms with E-state index >= 15 is 0 Å². The number of hydrogen-bond donors (Lipinski definition) is 2. The first-order valence-corrected chi connectivity index (χ1v) is 11.3. The average molecular weight is 434 g/mol. The molecule has 7 heteroatoms. The zero-order chi connectivity index (χ0) is 22.7. The second kappa shape index (κ2) is 9.27. The molecule has 1 atom stereocenters. The van der Waals surface area contributed by atoms with Crippen LogP contribution in [-0.2, 0) is 4.74 Å². The van der Waals surface area contributed by atoms with Crippen LogP contribution < -0.4 is 5.32 Å². The van der Waals surface area contributed by atoms with E-state index in [1.807, 2.05) is 12.1 Å². The zero-order valence-corrected chi connectivity index (χ0v) is 19.1. The molecule has 1 aromatic heterocycles. The van der Waals surface area contributed by atoms with Crippen LogP contribution in [0.25, 0.3) is 5.57 Å². The van der Waals surface area contributed by atoms with Crippen LogP contribution >= 0.6 is 0 Å². The normalized spacial score (nSPS) is 19.6. The monoisotopic (exact) mass is 433 g/mol. The number of ether oxygens (including phenoxy) is 1. The molecule has 2 heterocycles. The van der Waals surface area contributed by atoms with Gasteiger partial charge in [0.05, 0.1) is 13.2 Å². The molecular weight excluding hydrogens is 402 g/mol. The van der Waals surface area contributed by atoms with Gasteiger partial charge in [-0.05, 0) is 54.9 Å². The van der Waals surface area contributed by atoms with Crippen LogP contribution in [0, 0.1) is 16.7 Å². The molecule has 1 unspecified atom stereocenters. The summed E-state index contributed by atoms with van der Waals surface area (Å²) in [6.07, 6.45) is 6.86. The number of amides is 1. The van der Waals surface area contributed by atoms with Crippen molar-refractivity contribution in [3.05, 3.63) is 53.1 Å². The molecule has 1 saturated heterocycles. The third kappa shape index (κ3) is 4.93. The smallest absolute Gasteiger partial charge is 0.291 e. The van der Waals surface area contributed by atoms with E-state index in [9.17, 15) is 4.79 Å². The highest BCUT2D eigenvalue weighted by Crippen LogP contribution is 2.41. The third-order valence-electron chi connectivity index (χ3n) is 6.59. The number of hydrogen-bond acceptors (Lipinski definition) is 5. The Balaban J connectivity index is 1.64. The Labute approximate surface area is 189 Å². The van der Waals surface area contributed by atoms with Crippen LogP contribution in [0.5, 0.6) is 0 Å². The Morgan fingerprint density at radius 1 is 1.34 bits per heavy atom. The van der Waals surface area contributed by atoms with Crippen molar-refractivity contribution < 1.29 is 9.53 Å². The van der Waals surface area contributed by atoms with Crippen molar-refractivity contribution in [2.45, 2.75) is 46.1 Å². The Morgan fingerprint density at radius 2 is 2.12 bits per heavy atom. The summed E-state index contributed by atoms with van der Waals surface area (Å²) in [6.45, 7) is 10.2. The number of imidazole rings is 1. The van der Waals surface area contributed by atoms with Crippen LogP contribution in [-0.4, -0.2) is 47.1 Å². The Hall–Kier alpha value is -2.95. The van der Waals surface area contributed by atoms with Gasteiger partial charge in [0.15, 0.2) is 11.5 Å². The van der Waals surface area contributed by atoms with Gasteiger partial charge in [0, 0.05) is 36.6 Å². The van der Waals surface area contributed by atoms with Crippen LogP contribution in [0.1, 0.15) is 73.5 Å². The quantitative estimate of drug-likeness (QED) is 0.723. The van der Waals surface area contributed by atoms with Crippen LogP contribution in [0.3, 0.4) is 0 Å². The summed E-state index contributed by atoms with van der Waals surface area (Å²) in [4.78, 5) is 22.0. The van der Waals surface area contributed by atoms with E-state index in [1.165, 1.54) is 17.3 Å². The summed E-state index contributed by atoms with van der Waals surface area (Å²) >= 11 is 0. The molecule has 0 radical (unpaired) electrons. The van der Waals surface area contributed by atoms with Gasteiger partial charge in [-0.15, -0.1) is 0 Å². The molecule has 4 rings (SSSR count). The second-order valence-corrected chi connectivity index (χ2v) is 9.43. The number of nitriles is 1. The third-order valence-corrected chi connectivity index (χ3v) is 6.59. The first kappa shape index (κ1) is 22.3. The van der Waals surface area contributed by atoms with E-state index in [-0.39, 0.29) is 23.5 Å². The van der Waals surface area contributed by atoms with Gasteiger partial charge in [-0.2, -0.15) is 5.26 Å². The lowest BCUT2D eigenvalue weighted by atomic mass is 9.76. The van der Waals surface area contributed by atoms with Crippen molar-refractivity contribution in [2.24, 2.45) is 5.41 Å². The first-order valence-electron chi connectivity index (χ1n) is 11.3. The predicted molar refractivity (Wildman–Crippen MR) is 124 cm³/mol. The number of aromatic amines is 1. The molecule has 2 N–H and O–H groups in total. The van der Waals surface area contributed by atoms with E-state index in [4.69, 9.17) is 10.00 Å². The Kier molecular flexibility index (Phi) is 6.45. The minimum atomic E-state index is -0.349. The molecule has 2 aromatic rings. The highest BCUT2D eigenvalue weighted by molar-refractivity contribution is 6.03. The van der Waals surface area contributed by atoms with Gasteiger partial charge in [0.25, 0.3) is 5.91 Å². The van der Waals surface area contributed by atoms with Crippen molar-refractivity contribution >= 4 is 17.2 Å². The van der Waals surface area contributed by atoms with Crippen molar-refractivity contribution in [3.8, 4) is 6.07 Å². The maximum Gasteiger partial charge on any atom is 0.291 e. The van der Waals surface area contributed by atoms with Gasteiger partial charge in [0.1, 0.15) is 6.07 Å². The van der Waals surface area contributed by atoms with E-state index in [2.05, 4.69) is 59.2 Å². The molecule has 1 aliphatic carbocycles. The number of H-pyrrole nitrogens is 1. The van der Waals surface area contributed by atoms with Crippen LogP contribution in [0.15, 0.2) is 30.5 Å². The number of carbonyl (C=O) groups is 1. The number of benzene rings is 1. The highest BCUT2D eigenvalue weighted by atomic mass is 16.5. The summed E-state index contributed by atoms with van der Waals surface area (Å²) in [6, 6.07) is 8.52. The maximum atomic E-state index is 12.8. The lowest BCUT2D eigenvalue weighted by Gasteiger charge is -2.33. The maximum absolute atomic E-state index is 12.8. The molecule has 168 valence electrons. The fraction of sp³-hybridized carbons (Fsp3) is 0.480. The summed E-state index contributed by atoms with van der Waals surface area (Å²) in [5, 5.41) is 12.0. The second-order valence-electron chi connectivity index (χ2n) is 9.43. The lowest BCUT2D eigenvalue weighted by Crippen LogP contribution is -2.38. The van der Waals surface area contributed by atoms with Gasteiger partial charge in [-0.1, -0.05) is 26.0 Å². The number of anilines is 1. The summed E-state index contributed by atoms with van der Waals surface area (Å²) in [5.74, 6) is -0.213. The highest BCUT2D eigenvalue weighted by Gasteiger charge is 2.25. The van der Waals surface area contributed by atoms with Crippen LogP contribution in [0.4, 0.5) is 5.69 Å². The van der Waals surface area contributed by atoms with Crippen molar-refractivity contribution in [3.63, 3.8) is 0 Å². The average Bonchev–Trinajstić information content (AvgIpc) is 3.29. The number of aromatic nitrogens is 2.